The molecule has 3 heteroatoms. The van der Waals surface area contributed by atoms with Crippen LogP contribution in [0, 0.1) is 11.8 Å². The van der Waals surface area contributed by atoms with Crippen LogP contribution in [0.25, 0.3) is 0 Å². The summed E-state index contributed by atoms with van der Waals surface area (Å²) in [6, 6.07) is 5.95. The van der Waals surface area contributed by atoms with Crippen LogP contribution < -0.4 is 5.32 Å². The normalized spacial score (nSPS) is 13.1. The van der Waals surface area contributed by atoms with E-state index in [2.05, 4.69) is 48.1 Å². The highest BCUT2D eigenvalue weighted by Crippen LogP contribution is 2.20. The van der Waals surface area contributed by atoms with Crippen LogP contribution in [-0.2, 0) is 6.54 Å². The van der Waals surface area contributed by atoms with Crippen molar-refractivity contribution in [3.05, 3.63) is 33.3 Å². The fraction of sp³-hybridized carbons (Fsp3) is 0.538. The van der Waals surface area contributed by atoms with Crippen molar-refractivity contribution in [3.8, 4) is 0 Å². The molecule has 0 heterocycles. The summed E-state index contributed by atoms with van der Waals surface area (Å²) in [5, 5.41) is 4.27. The summed E-state index contributed by atoms with van der Waals surface area (Å²) >= 11 is 9.57. The summed E-state index contributed by atoms with van der Waals surface area (Å²) in [6.45, 7) is 8.62. The Kier molecular flexibility index (Phi) is 5.81. The summed E-state index contributed by atoms with van der Waals surface area (Å²) in [4.78, 5) is 0. The minimum Gasteiger partial charge on any atom is -0.312 e. The quantitative estimate of drug-likeness (QED) is 0.845. The molecule has 0 aliphatic heterocycles. The first kappa shape index (κ1) is 14.0. The van der Waals surface area contributed by atoms with Crippen LogP contribution in [0.5, 0.6) is 0 Å². The van der Waals surface area contributed by atoms with Gasteiger partial charge in [0, 0.05) is 16.0 Å². The van der Waals surface area contributed by atoms with Crippen molar-refractivity contribution in [2.75, 3.05) is 6.54 Å². The molecule has 0 aliphatic carbocycles. The van der Waals surface area contributed by atoms with Crippen molar-refractivity contribution in [3.63, 3.8) is 0 Å². The zero-order valence-corrected chi connectivity index (χ0v) is 12.4. The predicted octanol–water partition coefficient (Wildman–Crippen LogP) is 4.48. The van der Waals surface area contributed by atoms with Gasteiger partial charge in [0.1, 0.15) is 0 Å². The average Bonchev–Trinajstić information content (AvgIpc) is 2.22. The molecule has 0 fully saturated rings. The molecule has 0 radical (unpaired) electrons. The van der Waals surface area contributed by atoms with Gasteiger partial charge in [-0.05, 0) is 42.1 Å². The summed E-state index contributed by atoms with van der Waals surface area (Å²) in [5.41, 5.74) is 1.15. The number of hydrogen-bond donors (Lipinski definition) is 1. The summed E-state index contributed by atoms with van der Waals surface area (Å²) < 4.78 is 1.07. The molecule has 1 aromatic carbocycles. The van der Waals surface area contributed by atoms with Crippen LogP contribution in [0.2, 0.25) is 5.02 Å². The van der Waals surface area contributed by atoms with Crippen molar-refractivity contribution in [1.82, 2.24) is 5.32 Å². The lowest BCUT2D eigenvalue weighted by molar-refractivity contribution is 0.392. The lowest BCUT2D eigenvalue weighted by Crippen LogP contribution is -2.23. The molecule has 0 aromatic heterocycles. The lowest BCUT2D eigenvalue weighted by Gasteiger charge is -2.16. The highest BCUT2D eigenvalue weighted by atomic mass is 79.9. The second-order valence-electron chi connectivity index (χ2n) is 4.59. The van der Waals surface area contributed by atoms with Gasteiger partial charge in [-0.2, -0.15) is 0 Å². The number of benzene rings is 1. The van der Waals surface area contributed by atoms with E-state index in [-0.39, 0.29) is 0 Å². The van der Waals surface area contributed by atoms with Crippen LogP contribution in [-0.4, -0.2) is 6.54 Å². The largest absolute Gasteiger partial charge is 0.312 e. The highest BCUT2D eigenvalue weighted by molar-refractivity contribution is 9.10. The molecule has 0 spiro atoms. The van der Waals surface area contributed by atoms with Gasteiger partial charge in [-0.15, -0.1) is 0 Å². The van der Waals surface area contributed by atoms with Gasteiger partial charge < -0.3 is 5.32 Å². The minimum atomic E-state index is 0.686. The van der Waals surface area contributed by atoms with E-state index in [0.29, 0.717) is 11.8 Å². The fourth-order valence-corrected chi connectivity index (χ4v) is 1.94. The van der Waals surface area contributed by atoms with E-state index in [9.17, 15) is 0 Å². The summed E-state index contributed by atoms with van der Waals surface area (Å²) in [5.74, 6) is 1.40. The van der Waals surface area contributed by atoms with Gasteiger partial charge >= 0.3 is 0 Å². The van der Waals surface area contributed by atoms with Crippen LogP contribution in [0.1, 0.15) is 26.3 Å². The molecule has 0 amide bonds. The monoisotopic (exact) mass is 303 g/mol. The molecule has 1 N–H and O–H groups in total. The van der Waals surface area contributed by atoms with Crippen LogP contribution in [0.15, 0.2) is 22.7 Å². The van der Waals surface area contributed by atoms with Crippen molar-refractivity contribution in [2.45, 2.75) is 27.3 Å². The third-order valence-corrected chi connectivity index (χ3v) is 3.79. The maximum atomic E-state index is 6.11. The zero-order valence-electron chi connectivity index (χ0n) is 10.1. The lowest BCUT2D eigenvalue weighted by atomic mass is 9.98. The molecule has 1 unspecified atom stereocenters. The number of hydrogen-bond acceptors (Lipinski definition) is 1. The van der Waals surface area contributed by atoms with Gasteiger partial charge in [0.2, 0.25) is 0 Å². The van der Waals surface area contributed by atoms with Gasteiger partial charge in [-0.25, -0.2) is 0 Å². The SMILES string of the molecule is CC(C)C(C)CNCc1cc(Br)ccc1Cl. The summed E-state index contributed by atoms with van der Waals surface area (Å²) in [7, 11) is 0. The Labute approximate surface area is 112 Å². The van der Waals surface area contributed by atoms with Gasteiger partial charge in [0.25, 0.3) is 0 Å². The smallest absolute Gasteiger partial charge is 0.0451 e. The molecule has 0 aliphatic rings. The molecule has 1 aromatic rings. The molecular weight excluding hydrogens is 286 g/mol. The molecule has 90 valence electrons. The second kappa shape index (κ2) is 6.63. The Hall–Kier alpha value is -0.0500. The van der Waals surface area contributed by atoms with Crippen molar-refractivity contribution >= 4 is 27.5 Å². The Morgan fingerprint density at radius 2 is 2.00 bits per heavy atom. The van der Waals surface area contributed by atoms with Gasteiger partial charge in [-0.3, -0.25) is 0 Å². The molecule has 1 nitrogen and oxygen atoms in total. The van der Waals surface area contributed by atoms with E-state index < -0.39 is 0 Å². The molecule has 1 atom stereocenters. The number of nitrogens with one attached hydrogen (secondary N) is 1. The Morgan fingerprint density at radius 3 is 2.62 bits per heavy atom. The maximum Gasteiger partial charge on any atom is 0.0451 e. The third-order valence-electron chi connectivity index (χ3n) is 2.93. The maximum absolute atomic E-state index is 6.11. The zero-order chi connectivity index (χ0) is 12.1. The molecule has 0 saturated heterocycles. The van der Waals surface area contributed by atoms with E-state index in [0.717, 1.165) is 28.1 Å². The highest BCUT2D eigenvalue weighted by Gasteiger charge is 2.07. The van der Waals surface area contributed by atoms with E-state index in [4.69, 9.17) is 11.6 Å². The van der Waals surface area contributed by atoms with Gasteiger partial charge in [0.05, 0.1) is 0 Å². The van der Waals surface area contributed by atoms with Crippen molar-refractivity contribution in [1.29, 1.82) is 0 Å². The molecule has 16 heavy (non-hydrogen) atoms. The van der Waals surface area contributed by atoms with Crippen LogP contribution in [0.3, 0.4) is 0 Å². The Bertz CT molecular complexity index is 339. The fourth-order valence-electron chi connectivity index (χ4n) is 1.35. The number of rotatable bonds is 5. The first-order valence-corrected chi connectivity index (χ1v) is 6.82. The topological polar surface area (TPSA) is 12.0 Å². The van der Waals surface area contributed by atoms with E-state index in [1.54, 1.807) is 0 Å². The van der Waals surface area contributed by atoms with E-state index in [1.165, 1.54) is 0 Å². The van der Waals surface area contributed by atoms with E-state index >= 15 is 0 Å². The molecule has 1 rings (SSSR count). The summed E-state index contributed by atoms with van der Waals surface area (Å²) in [6.07, 6.45) is 0. The predicted molar refractivity (Wildman–Crippen MR) is 74.9 cm³/mol. The second-order valence-corrected chi connectivity index (χ2v) is 5.91. The molecule has 0 saturated carbocycles. The number of halogens is 2. The Morgan fingerprint density at radius 1 is 1.31 bits per heavy atom. The first-order valence-electron chi connectivity index (χ1n) is 5.65. The van der Waals surface area contributed by atoms with Crippen molar-refractivity contribution in [2.24, 2.45) is 11.8 Å². The molecule has 0 bridgehead atoms. The van der Waals surface area contributed by atoms with E-state index in [1.807, 2.05) is 12.1 Å². The van der Waals surface area contributed by atoms with Crippen LogP contribution >= 0.6 is 27.5 Å². The van der Waals surface area contributed by atoms with Crippen molar-refractivity contribution < 1.29 is 0 Å². The average molecular weight is 305 g/mol. The Balaban J connectivity index is 2.45. The van der Waals surface area contributed by atoms with Gasteiger partial charge in [0.15, 0.2) is 0 Å². The standard InChI is InChI=1S/C13H19BrClN/c1-9(2)10(3)7-16-8-11-6-12(14)4-5-13(11)15/h4-6,9-10,16H,7-8H2,1-3H3. The first-order chi connectivity index (χ1) is 7.50. The molecular formula is C13H19BrClN. The third kappa shape index (κ3) is 4.44. The minimum absolute atomic E-state index is 0.686. The van der Waals surface area contributed by atoms with Gasteiger partial charge in [-0.1, -0.05) is 48.3 Å². The van der Waals surface area contributed by atoms with Crippen LogP contribution in [0.4, 0.5) is 0 Å².